The molecule has 3 nitrogen and oxygen atoms in total. The van der Waals surface area contributed by atoms with Crippen LogP contribution in [0.25, 0.3) is 152 Å². The molecule has 4 heterocycles. The van der Waals surface area contributed by atoms with Gasteiger partial charge in [-0.05, 0) is 141 Å². The molecule has 0 radical (unpaired) electrons. The minimum atomic E-state index is 0.902. The maximum Gasteiger partial charge on any atom is 0.135 e. The zero-order valence-corrected chi connectivity index (χ0v) is 36.2. The number of hydrogen-bond donors (Lipinski definition) is 0. The zero-order valence-electron chi connectivity index (χ0n) is 35.3. The monoisotopic (exact) mass is 854 g/mol. The maximum absolute atomic E-state index is 6.37. The van der Waals surface area contributed by atoms with Crippen LogP contribution in [0.1, 0.15) is 0 Å². The van der Waals surface area contributed by atoms with E-state index in [1.54, 1.807) is 0 Å². The lowest BCUT2D eigenvalue weighted by Gasteiger charge is -2.14. The molecule has 66 heavy (non-hydrogen) atoms. The fourth-order valence-electron chi connectivity index (χ4n) is 11.9. The van der Waals surface area contributed by atoms with Crippen LogP contribution in [0.2, 0.25) is 0 Å². The van der Waals surface area contributed by atoms with E-state index >= 15 is 0 Å². The predicted molar refractivity (Wildman–Crippen MR) is 280 cm³/mol. The second kappa shape index (κ2) is 12.6. The molecule has 4 aromatic heterocycles. The summed E-state index contributed by atoms with van der Waals surface area (Å²) in [6.07, 6.45) is 0. The maximum atomic E-state index is 6.37. The fourth-order valence-corrected chi connectivity index (χ4v) is 13.0. The SMILES string of the molecule is c1ccc(-n2c3cc(-c4cccc5sc6cc7ccccc7cc6c45)cc4c3c3c5c(ccc32)c(-c2ccc3oc6ccccc6c3c2)cc2c5c3c-4cccc3n2-c2ccccc2)cc1. The van der Waals surface area contributed by atoms with Crippen LogP contribution in [0.5, 0.6) is 0 Å². The lowest BCUT2D eigenvalue weighted by atomic mass is 9.91. The van der Waals surface area contributed by atoms with Gasteiger partial charge in [0.25, 0.3) is 0 Å². The first-order valence-corrected chi connectivity index (χ1v) is 23.5. The second-order valence-corrected chi connectivity index (χ2v) is 19.0. The van der Waals surface area contributed by atoms with Crippen LogP contribution in [-0.4, -0.2) is 9.13 Å². The normalized spacial score (nSPS) is 12.5. The fraction of sp³-hybridized carbons (Fsp3) is 0. The van der Waals surface area contributed by atoms with Gasteiger partial charge in [0.2, 0.25) is 0 Å². The number of rotatable bonds is 4. The van der Waals surface area contributed by atoms with Gasteiger partial charge in [0.15, 0.2) is 0 Å². The summed E-state index contributed by atoms with van der Waals surface area (Å²) in [5.74, 6) is 0. The van der Waals surface area contributed by atoms with E-state index in [4.69, 9.17) is 4.42 Å². The van der Waals surface area contributed by atoms with Crippen molar-refractivity contribution in [3.8, 4) is 44.8 Å². The quantitative estimate of drug-likeness (QED) is 0.173. The van der Waals surface area contributed by atoms with Gasteiger partial charge in [0.1, 0.15) is 11.2 Å². The van der Waals surface area contributed by atoms with Crippen LogP contribution in [0.15, 0.2) is 211 Å². The first kappa shape index (κ1) is 35.0. The lowest BCUT2D eigenvalue weighted by Crippen LogP contribution is -1.95. The van der Waals surface area contributed by atoms with Crippen LogP contribution in [0, 0.1) is 0 Å². The minimum Gasteiger partial charge on any atom is -0.456 e. The van der Waals surface area contributed by atoms with Gasteiger partial charge in [0, 0.05) is 69.3 Å². The third kappa shape index (κ3) is 4.51. The topological polar surface area (TPSA) is 23.0 Å². The third-order valence-electron chi connectivity index (χ3n) is 14.6. The molecule has 0 saturated heterocycles. The van der Waals surface area contributed by atoms with Crippen molar-refractivity contribution in [1.29, 1.82) is 0 Å². The summed E-state index contributed by atoms with van der Waals surface area (Å²) in [4.78, 5) is 0. The van der Waals surface area contributed by atoms with Crippen molar-refractivity contribution in [3.63, 3.8) is 0 Å². The van der Waals surface area contributed by atoms with Crippen molar-refractivity contribution < 1.29 is 4.42 Å². The highest BCUT2D eigenvalue weighted by molar-refractivity contribution is 7.26. The minimum absolute atomic E-state index is 0.902. The van der Waals surface area contributed by atoms with Crippen LogP contribution >= 0.6 is 11.3 Å². The molecule has 0 unspecified atom stereocenters. The zero-order chi connectivity index (χ0) is 42.8. The molecule has 0 saturated carbocycles. The molecule has 0 atom stereocenters. The Labute approximate surface area is 381 Å². The standard InChI is InChI=1S/C62H34N2OS/c1-3-15-39(16-4-1)63-49-22-11-21-43-47-31-38(41-20-12-24-55-57(41)48-29-35-13-7-8-14-36(35)33-56(48)66-55)32-51-59(47)61-50(64(51)40-17-5-2-6-18-40)27-26-44-45(34-52(63)62(58(43)49)60(44)61)37-25-28-54-46(30-37)42-19-9-10-23-53(42)65-54/h1-34H. The molecule has 0 bridgehead atoms. The largest absolute Gasteiger partial charge is 0.456 e. The average Bonchev–Trinajstić information content (AvgIpc) is 4.10. The molecule has 1 aliphatic carbocycles. The number of furan rings is 1. The van der Waals surface area contributed by atoms with Crippen LogP contribution in [0.3, 0.4) is 0 Å². The number of fused-ring (bicyclic) bond motifs is 8. The summed E-state index contributed by atoms with van der Waals surface area (Å²) in [6, 6.07) is 76.6. The van der Waals surface area contributed by atoms with Crippen molar-refractivity contribution in [3.05, 3.63) is 206 Å². The Morgan fingerprint density at radius 2 is 0.970 bits per heavy atom. The van der Waals surface area contributed by atoms with Gasteiger partial charge in [-0.25, -0.2) is 0 Å². The molecule has 304 valence electrons. The van der Waals surface area contributed by atoms with Gasteiger partial charge in [0.05, 0.1) is 22.1 Å². The highest BCUT2D eigenvalue weighted by Crippen LogP contribution is 2.54. The first-order chi connectivity index (χ1) is 32.7. The molecule has 1 aliphatic rings. The molecule has 15 aromatic rings. The van der Waals surface area contributed by atoms with Gasteiger partial charge in [-0.3, -0.25) is 0 Å². The summed E-state index contributed by atoms with van der Waals surface area (Å²) >= 11 is 1.89. The van der Waals surface area contributed by atoms with Crippen LogP contribution in [0.4, 0.5) is 0 Å². The van der Waals surface area contributed by atoms with Crippen molar-refractivity contribution >= 4 is 119 Å². The highest BCUT2D eigenvalue weighted by Gasteiger charge is 2.30. The van der Waals surface area contributed by atoms with E-state index in [0.29, 0.717) is 0 Å². The van der Waals surface area contributed by atoms with Gasteiger partial charge in [-0.2, -0.15) is 0 Å². The lowest BCUT2D eigenvalue weighted by molar-refractivity contribution is 0.669. The van der Waals surface area contributed by atoms with Gasteiger partial charge in [-0.1, -0.05) is 115 Å². The van der Waals surface area contributed by atoms with E-state index in [0.717, 1.165) is 33.3 Å². The molecular weight excluding hydrogens is 821 g/mol. The number of para-hydroxylation sites is 3. The molecule has 0 fully saturated rings. The van der Waals surface area contributed by atoms with E-state index in [1.807, 2.05) is 17.4 Å². The molecule has 0 aliphatic heterocycles. The summed E-state index contributed by atoms with van der Waals surface area (Å²) in [5, 5.41) is 15.2. The molecule has 4 heteroatoms. The van der Waals surface area contributed by atoms with E-state index in [9.17, 15) is 0 Å². The summed E-state index contributed by atoms with van der Waals surface area (Å²) in [5.41, 5.74) is 16.3. The van der Waals surface area contributed by atoms with Gasteiger partial charge in [-0.15, -0.1) is 11.3 Å². The Morgan fingerprint density at radius 3 is 1.80 bits per heavy atom. The number of aromatic nitrogens is 2. The van der Waals surface area contributed by atoms with E-state index in [2.05, 4.69) is 209 Å². The number of benzene rings is 11. The molecule has 0 N–H and O–H groups in total. The van der Waals surface area contributed by atoms with Crippen molar-refractivity contribution in [2.45, 2.75) is 0 Å². The highest BCUT2D eigenvalue weighted by atomic mass is 32.1. The molecule has 0 amide bonds. The van der Waals surface area contributed by atoms with E-state index < -0.39 is 0 Å². The van der Waals surface area contributed by atoms with Crippen molar-refractivity contribution in [2.75, 3.05) is 0 Å². The molecular formula is C62H34N2OS. The van der Waals surface area contributed by atoms with Gasteiger partial charge < -0.3 is 13.6 Å². The summed E-state index contributed by atoms with van der Waals surface area (Å²) in [7, 11) is 0. The Hall–Kier alpha value is -8.44. The summed E-state index contributed by atoms with van der Waals surface area (Å²) < 4.78 is 14.0. The van der Waals surface area contributed by atoms with Gasteiger partial charge >= 0.3 is 0 Å². The first-order valence-electron chi connectivity index (χ1n) is 22.7. The Kier molecular flexibility index (Phi) is 6.69. The molecule has 16 rings (SSSR count). The third-order valence-corrected chi connectivity index (χ3v) is 15.7. The van der Waals surface area contributed by atoms with Crippen LogP contribution < -0.4 is 0 Å². The van der Waals surface area contributed by atoms with Crippen molar-refractivity contribution in [2.24, 2.45) is 0 Å². The van der Waals surface area contributed by atoms with Crippen molar-refractivity contribution in [1.82, 2.24) is 9.13 Å². The average molecular weight is 855 g/mol. The Bertz CT molecular complexity index is 4620. The summed E-state index contributed by atoms with van der Waals surface area (Å²) in [6.45, 7) is 0. The molecule has 0 spiro atoms. The Balaban J connectivity index is 1.10. The second-order valence-electron chi connectivity index (χ2n) is 17.9. The van der Waals surface area contributed by atoms with E-state index in [1.165, 1.54) is 119 Å². The smallest absolute Gasteiger partial charge is 0.135 e. The predicted octanol–water partition coefficient (Wildman–Crippen LogP) is 17.8. The molecule has 11 aromatic carbocycles. The number of thiophene rings is 1. The number of hydrogen-bond acceptors (Lipinski definition) is 2. The van der Waals surface area contributed by atoms with Crippen LogP contribution in [-0.2, 0) is 0 Å². The Morgan fingerprint density at radius 1 is 0.303 bits per heavy atom. The number of nitrogens with zero attached hydrogens (tertiary/aromatic N) is 2. The van der Waals surface area contributed by atoms with E-state index in [-0.39, 0.29) is 0 Å².